The number of phenols is 1. The number of ether oxygens (including phenoxy) is 1. The van der Waals surface area contributed by atoms with Crippen molar-refractivity contribution >= 4 is 22.7 Å². The molecule has 1 aliphatic rings. The van der Waals surface area contributed by atoms with Gasteiger partial charge in [-0.1, -0.05) is 11.8 Å². The van der Waals surface area contributed by atoms with E-state index in [1.165, 1.54) is 17.7 Å². The minimum Gasteiger partial charge on any atom is -0.505 e. The summed E-state index contributed by atoms with van der Waals surface area (Å²) in [5, 5.41) is 26.0. The molecule has 3 amide bonds. The number of carbonyl (C=O) groups is 2. The van der Waals surface area contributed by atoms with Gasteiger partial charge in [0.15, 0.2) is 17.4 Å². The number of carbonyl (C=O) groups excluding carboxylic acids is 2. The number of benzene rings is 2. The number of hydrogen-bond acceptors (Lipinski definition) is 5. The predicted octanol–water partition coefficient (Wildman–Crippen LogP) is 1.83. The van der Waals surface area contributed by atoms with Crippen molar-refractivity contribution in [3.8, 4) is 29.2 Å². The van der Waals surface area contributed by atoms with Crippen LogP contribution in [-0.2, 0) is 11.3 Å². The van der Waals surface area contributed by atoms with Crippen LogP contribution in [0, 0.1) is 17.7 Å². The van der Waals surface area contributed by atoms with Gasteiger partial charge in [0.1, 0.15) is 5.75 Å². The minimum absolute atomic E-state index is 0.126. The van der Waals surface area contributed by atoms with Gasteiger partial charge in [-0.25, -0.2) is 9.18 Å². The number of phenolic OH excluding ortho intramolecular Hbond substituents is 1. The largest absolute Gasteiger partial charge is 0.505 e. The van der Waals surface area contributed by atoms with E-state index in [2.05, 4.69) is 22.5 Å². The lowest BCUT2D eigenvalue weighted by Crippen LogP contribution is -2.49. The molecule has 152 valence electrons. The molecule has 2 aromatic carbocycles. The van der Waals surface area contributed by atoms with Crippen molar-refractivity contribution in [1.29, 1.82) is 0 Å². The standard InChI is InChI=1S/C21H16FN3O5/c1-30-14-4-3-13-10-25(18(27)15(13)9-14)11-21(19(28)23-20(29)24-21)7-6-12-2-5-16(22)17(26)8-12/h2-5,8-10,26-27H,11H2,1H3,(H2,23,24,28,29)/t21-/m1/s1. The van der Waals surface area contributed by atoms with Crippen LogP contribution in [0.2, 0.25) is 0 Å². The SMILES string of the molecule is COc1ccc2cn(C[C@@]3(C#Cc4ccc(F)c(O)c4)NC(=O)NC3=O)c(O)c2c1. The average molecular weight is 409 g/mol. The van der Waals surface area contributed by atoms with Gasteiger partial charge in [-0.05, 0) is 36.4 Å². The van der Waals surface area contributed by atoms with Crippen molar-refractivity contribution in [1.82, 2.24) is 15.2 Å². The van der Waals surface area contributed by atoms with Crippen LogP contribution in [-0.4, -0.2) is 39.4 Å². The molecule has 0 bridgehead atoms. The number of nitrogens with zero attached hydrogens (tertiary/aromatic N) is 1. The highest BCUT2D eigenvalue weighted by Crippen LogP contribution is 2.32. The second kappa shape index (κ2) is 7.00. The summed E-state index contributed by atoms with van der Waals surface area (Å²) in [6, 6.07) is 7.88. The number of imide groups is 1. The van der Waals surface area contributed by atoms with Crippen molar-refractivity contribution in [3.05, 3.63) is 54.0 Å². The summed E-state index contributed by atoms with van der Waals surface area (Å²) in [5.41, 5.74) is -1.44. The Bertz CT molecular complexity index is 1260. The lowest BCUT2D eigenvalue weighted by Gasteiger charge is -2.20. The summed E-state index contributed by atoms with van der Waals surface area (Å²) in [6.07, 6.45) is 1.62. The van der Waals surface area contributed by atoms with Crippen LogP contribution in [0.1, 0.15) is 5.56 Å². The highest BCUT2D eigenvalue weighted by Gasteiger charge is 2.46. The zero-order valence-corrected chi connectivity index (χ0v) is 15.7. The number of nitrogens with one attached hydrogen (secondary N) is 2. The molecule has 1 aromatic heterocycles. The number of hydrogen-bond donors (Lipinski definition) is 4. The third kappa shape index (κ3) is 3.24. The Hall–Kier alpha value is -4.19. The number of halogens is 1. The molecule has 0 radical (unpaired) electrons. The highest BCUT2D eigenvalue weighted by molar-refractivity contribution is 6.09. The molecule has 1 atom stereocenters. The monoisotopic (exact) mass is 409 g/mol. The van der Waals surface area contributed by atoms with E-state index in [0.29, 0.717) is 16.5 Å². The molecule has 8 nitrogen and oxygen atoms in total. The van der Waals surface area contributed by atoms with Crippen molar-refractivity contribution in [2.45, 2.75) is 12.1 Å². The Morgan fingerprint density at radius 1 is 1.20 bits per heavy atom. The first-order chi connectivity index (χ1) is 14.3. The molecule has 2 heterocycles. The number of rotatable bonds is 3. The van der Waals surface area contributed by atoms with Crippen molar-refractivity contribution in [2.75, 3.05) is 7.11 Å². The van der Waals surface area contributed by atoms with Crippen LogP contribution in [0.25, 0.3) is 10.8 Å². The van der Waals surface area contributed by atoms with Crippen molar-refractivity contribution < 1.29 is 28.9 Å². The zero-order valence-electron chi connectivity index (χ0n) is 15.7. The van der Waals surface area contributed by atoms with E-state index >= 15 is 0 Å². The van der Waals surface area contributed by atoms with Crippen LogP contribution in [0.5, 0.6) is 17.4 Å². The normalized spacial score (nSPS) is 17.9. The van der Waals surface area contributed by atoms with Gasteiger partial charge in [0.05, 0.1) is 13.7 Å². The van der Waals surface area contributed by atoms with Crippen LogP contribution in [0.15, 0.2) is 42.6 Å². The van der Waals surface area contributed by atoms with E-state index in [9.17, 15) is 24.2 Å². The van der Waals surface area contributed by atoms with Gasteiger partial charge in [0.2, 0.25) is 5.54 Å². The van der Waals surface area contributed by atoms with Crippen molar-refractivity contribution in [3.63, 3.8) is 0 Å². The molecule has 1 aliphatic heterocycles. The number of methoxy groups -OCH3 is 1. The second-order valence-corrected chi connectivity index (χ2v) is 6.76. The van der Waals surface area contributed by atoms with E-state index in [4.69, 9.17) is 4.74 Å². The predicted molar refractivity (Wildman–Crippen MR) is 105 cm³/mol. The first-order valence-electron chi connectivity index (χ1n) is 8.82. The maximum Gasteiger partial charge on any atom is 0.323 e. The molecule has 3 aromatic rings. The van der Waals surface area contributed by atoms with Gasteiger partial charge in [-0.3, -0.25) is 10.1 Å². The molecule has 4 rings (SSSR count). The molecule has 0 saturated carbocycles. The molecule has 1 fully saturated rings. The number of aromatic hydroxyl groups is 2. The molecule has 9 heteroatoms. The molecular weight excluding hydrogens is 393 g/mol. The highest BCUT2D eigenvalue weighted by atomic mass is 19.1. The average Bonchev–Trinajstić information content (AvgIpc) is 3.18. The fourth-order valence-corrected chi connectivity index (χ4v) is 3.23. The summed E-state index contributed by atoms with van der Waals surface area (Å²) in [5.74, 6) is 3.71. The van der Waals surface area contributed by atoms with Gasteiger partial charge >= 0.3 is 6.03 Å². The van der Waals surface area contributed by atoms with Gasteiger partial charge in [-0.2, -0.15) is 0 Å². The number of fused-ring (bicyclic) bond motifs is 1. The van der Waals surface area contributed by atoms with Gasteiger partial charge in [0.25, 0.3) is 5.91 Å². The summed E-state index contributed by atoms with van der Waals surface area (Å²) in [7, 11) is 1.51. The Kier molecular flexibility index (Phi) is 4.47. The summed E-state index contributed by atoms with van der Waals surface area (Å²) < 4.78 is 19.8. The first kappa shape index (κ1) is 19.1. The fourth-order valence-electron chi connectivity index (χ4n) is 3.23. The second-order valence-electron chi connectivity index (χ2n) is 6.76. The van der Waals surface area contributed by atoms with Crippen LogP contribution < -0.4 is 15.4 Å². The Labute approximate surface area is 169 Å². The third-order valence-corrected chi connectivity index (χ3v) is 4.78. The van der Waals surface area contributed by atoms with Crippen molar-refractivity contribution in [2.24, 2.45) is 0 Å². The number of urea groups is 1. The minimum atomic E-state index is -1.68. The molecule has 4 N–H and O–H groups in total. The molecule has 0 spiro atoms. The molecule has 0 unspecified atom stereocenters. The Balaban J connectivity index is 1.76. The molecule has 1 saturated heterocycles. The quantitative estimate of drug-likeness (QED) is 0.390. The van der Waals surface area contributed by atoms with E-state index in [0.717, 1.165) is 12.1 Å². The van der Waals surface area contributed by atoms with E-state index in [-0.39, 0.29) is 18.0 Å². The number of aromatic nitrogens is 1. The summed E-state index contributed by atoms with van der Waals surface area (Å²) in [4.78, 5) is 24.4. The first-order valence-corrected chi connectivity index (χ1v) is 8.82. The fraction of sp³-hybridized carbons (Fsp3) is 0.143. The summed E-state index contributed by atoms with van der Waals surface area (Å²) >= 11 is 0. The summed E-state index contributed by atoms with van der Waals surface area (Å²) in [6.45, 7) is -0.187. The van der Waals surface area contributed by atoms with E-state index in [1.54, 1.807) is 24.4 Å². The van der Waals surface area contributed by atoms with Gasteiger partial charge in [0, 0.05) is 22.5 Å². The van der Waals surface area contributed by atoms with Crippen LogP contribution in [0.4, 0.5) is 9.18 Å². The Morgan fingerprint density at radius 3 is 2.67 bits per heavy atom. The number of amides is 3. The topological polar surface area (TPSA) is 113 Å². The maximum absolute atomic E-state index is 13.3. The van der Waals surface area contributed by atoms with E-state index < -0.39 is 29.0 Å². The lowest BCUT2D eigenvalue weighted by molar-refractivity contribution is -0.122. The van der Waals surface area contributed by atoms with Gasteiger partial charge < -0.3 is 24.8 Å². The Morgan fingerprint density at radius 2 is 2.00 bits per heavy atom. The zero-order chi connectivity index (χ0) is 21.5. The maximum atomic E-state index is 13.3. The lowest BCUT2D eigenvalue weighted by atomic mass is 9.99. The van der Waals surface area contributed by atoms with Crippen LogP contribution >= 0.6 is 0 Å². The third-order valence-electron chi connectivity index (χ3n) is 4.78. The molecular formula is C21H16FN3O5. The van der Waals surface area contributed by atoms with Crippen LogP contribution in [0.3, 0.4) is 0 Å². The molecule has 0 aliphatic carbocycles. The smallest absolute Gasteiger partial charge is 0.323 e. The van der Waals surface area contributed by atoms with Gasteiger partial charge in [-0.15, -0.1) is 0 Å². The van der Waals surface area contributed by atoms with E-state index in [1.807, 2.05) is 0 Å². The molecule has 30 heavy (non-hydrogen) atoms.